The van der Waals surface area contributed by atoms with Gasteiger partial charge in [-0.25, -0.2) is 4.39 Å². The van der Waals surface area contributed by atoms with E-state index in [4.69, 9.17) is 0 Å². The Hall–Kier alpha value is -1.28. The Morgan fingerprint density at radius 1 is 0.882 bits per heavy atom. The second-order valence-corrected chi connectivity index (χ2v) is 6.37. The minimum Gasteiger partial charge on any atom is -0.207 e. The van der Waals surface area contributed by atoms with Gasteiger partial charge in [-0.2, -0.15) is 0 Å². The van der Waals surface area contributed by atoms with E-state index in [0.29, 0.717) is 0 Å². The molecule has 0 fully saturated rings. The maximum atomic E-state index is 12.8. The summed E-state index contributed by atoms with van der Waals surface area (Å²) in [5.41, 5.74) is 1.30. The maximum Gasteiger partial charge on any atom is 0.153 e. The topological polar surface area (TPSA) is 0 Å². The van der Waals surface area contributed by atoms with Gasteiger partial charge in [0.1, 0.15) is 5.82 Å². The number of hydrogen-bond acceptors (Lipinski definition) is 0. The fourth-order valence-electron chi connectivity index (χ4n) is 1.75. The van der Waals surface area contributed by atoms with Crippen LogP contribution in [0.4, 0.5) is 4.39 Å². The Labute approximate surface area is 106 Å². The van der Waals surface area contributed by atoms with Crippen LogP contribution in [0.25, 0.3) is 0 Å². The first-order valence-corrected chi connectivity index (χ1v) is 6.51. The van der Waals surface area contributed by atoms with Crippen LogP contribution in [-0.2, 0) is 16.5 Å². The van der Waals surface area contributed by atoms with Crippen molar-refractivity contribution in [3.63, 3.8) is 0 Å². The van der Waals surface area contributed by atoms with Crippen LogP contribution in [-0.4, -0.2) is 0 Å². The second-order valence-electron chi connectivity index (χ2n) is 4.51. The van der Waals surface area contributed by atoms with Gasteiger partial charge in [0.15, 0.2) is 9.64 Å². The summed E-state index contributed by atoms with van der Waals surface area (Å²) in [4.78, 5) is 1.14. The van der Waals surface area contributed by atoms with Crippen molar-refractivity contribution in [3.05, 3.63) is 66.0 Å². The fraction of sp³-hybridized carbons (Fsp3) is 0.200. The number of thiol groups is 1. The van der Waals surface area contributed by atoms with E-state index in [-0.39, 0.29) is 10.6 Å². The Kier molecular flexibility index (Phi) is 3.53. The standard InChI is InChI=1S/C15H15FS/c1-15(2,12-6-4-3-5-7-12)17-14-10-8-13(16)9-11-14/h3-11H,1-2H3/p+1. The summed E-state index contributed by atoms with van der Waals surface area (Å²) >= 11 is 1.19. The predicted molar refractivity (Wildman–Crippen MR) is 72.9 cm³/mol. The van der Waals surface area contributed by atoms with Crippen LogP contribution in [0.2, 0.25) is 0 Å². The molecule has 0 unspecified atom stereocenters. The molecule has 0 bridgehead atoms. The minimum atomic E-state index is -0.179. The third kappa shape index (κ3) is 3.10. The molecule has 0 saturated carbocycles. The molecule has 0 heterocycles. The zero-order valence-electron chi connectivity index (χ0n) is 10.0. The Balaban J connectivity index is 2.20. The lowest BCUT2D eigenvalue weighted by Crippen LogP contribution is -2.19. The van der Waals surface area contributed by atoms with E-state index in [1.165, 1.54) is 29.5 Å². The molecule has 2 aromatic rings. The van der Waals surface area contributed by atoms with Crippen molar-refractivity contribution in [2.75, 3.05) is 0 Å². The summed E-state index contributed by atoms with van der Waals surface area (Å²) < 4.78 is 12.9. The molecule has 0 atom stereocenters. The fourth-order valence-corrected chi connectivity index (χ4v) is 2.97. The van der Waals surface area contributed by atoms with Crippen LogP contribution in [0.1, 0.15) is 19.4 Å². The summed E-state index contributed by atoms with van der Waals surface area (Å²) in [7, 11) is 0. The normalized spacial score (nSPS) is 11.5. The smallest absolute Gasteiger partial charge is 0.153 e. The number of hydrogen-bond donors (Lipinski definition) is 0. The van der Waals surface area contributed by atoms with Crippen LogP contribution < -0.4 is 0 Å². The molecule has 2 aromatic carbocycles. The predicted octanol–water partition coefficient (Wildman–Crippen LogP) is 3.93. The summed E-state index contributed by atoms with van der Waals surface area (Å²) in [5.74, 6) is -0.179. The molecule has 0 radical (unpaired) electrons. The van der Waals surface area contributed by atoms with Gasteiger partial charge < -0.3 is 0 Å². The average Bonchev–Trinajstić information content (AvgIpc) is 2.33. The van der Waals surface area contributed by atoms with Gasteiger partial charge in [0.25, 0.3) is 0 Å². The first-order chi connectivity index (χ1) is 8.08. The van der Waals surface area contributed by atoms with Gasteiger partial charge >= 0.3 is 0 Å². The molecule has 0 saturated heterocycles. The lowest BCUT2D eigenvalue weighted by atomic mass is 10.0. The molecule has 17 heavy (non-hydrogen) atoms. The Bertz CT molecular complexity index is 474. The highest BCUT2D eigenvalue weighted by Crippen LogP contribution is 2.28. The van der Waals surface area contributed by atoms with Crippen molar-refractivity contribution in [2.45, 2.75) is 23.5 Å². The molecule has 2 rings (SSSR count). The van der Waals surface area contributed by atoms with Crippen molar-refractivity contribution in [3.8, 4) is 0 Å². The molecule has 0 nitrogen and oxygen atoms in total. The molecule has 0 aliphatic rings. The van der Waals surface area contributed by atoms with Gasteiger partial charge in [0.2, 0.25) is 0 Å². The highest BCUT2D eigenvalue weighted by atomic mass is 32.2. The van der Waals surface area contributed by atoms with Gasteiger partial charge in [-0.3, -0.25) is 0 Å². The highest BCUT2D eigenvalue weighted by Gasteiger charge is 2.29. The highest BCUT2D eigenvalue weighted by molar-refractivity contribution is 7.79. The molecular formula is C15H16FS+. The first-order valence-electron chi connectivity index (χ1n) is 5.62. The summed E-state index contributed by atoms with van der Waals surface area (Å²) in [6.45, 7) is 4.40. The van der Waals surface area contributed by atoms with Crippen molar-refractivity contribution in [1.29, 1.82) is 0 Å². The van der Waals surface area contributed by atoms with Gasteiger partial charge in [0.05, 0.1) is 0 Å². The van der Waals surface area contributed by atoms with Crippen LogP contribution in [0, 0.1) is 5.82 Å². The summed E-state index contributed by atoms with van der Waals surface area (Å²) in [6.07, 6.45) is 0. The molecular weight excluding hydrogens is 231 g/mol. The Morgan fingerprint density at radius 3 is 2.06 bits per heavy atom. The van der Waals surface area contributed by atoms with Crippen LogP contribution in [0.15, 0.2) is 59.5 Å². The molecule has 2 heteroatoms. The largest absolute Gasteiger partial charge is 0.207 e. The molecule has 0 aromatic heterocycles. The van der Waals surface area contributed by atoms with Crippen molar-refractivity contribution in [1.82, 2.24) is 0 Å². The molecule has 0 spiro atoms. The first kappa shape index (κ1) is 12.2. The average molecular weight is 247 g/mol. The maximum absolute atomic E-state index is 12.8. The lowest BCUT2D eigenvalue weighted by Gasteiger charge is -2.16. The number of halogens is 1. The van der Waals surface area contributed by atoms with E-state index >= 15 is 0 Å². The van der Waals surface area contributed by atoms with E-state index in [2.05, 4.69) is 38.1 Å². The van der Waals surface area contributed by atoms with E-state index in [1.807, 2.05) is 18.2 Å². The van der Waals surface area contributed by atoms with E-state index < -0.39 is 0 Å². The zero-order valence-corrected chi connectivity index (χ0v) is 10.9. The number of benzene rings is 2. The van der Waals surface area contributed by atoms with Gasteiger partial charge in [-0.1, -0.05) is 30.3 Å². The van der Waals surface area contributed by atoms with Crippen LogP contribution in [0.3, 0.4) is 0 Å². The van der Waals surface area contributed by atoms with E-state index in [1.54, 1.807) is 0 Å². The quantitative estimate of drug-likeness (QED) is 0.569. The van der Waals surface area contributed by atoms with Gasteiger partial charge in [-0.05, 0) is 38.1 Å². The third-order valence-electron chi connectivity index (χ3n) is 2.72. The Morgan fingerprint density at radius 2 is 1.47 bits per heavy atom. The van der Waals surface area contributed by atoms with Crippen LogP contribution >= 0.6 is 0 Å². The third-order valence-corrected chi connectivity index (χ3v) is 4.09. The SMILES string of the molecule is CC(C)([SH+]c1ccc(F)cc1)c1ccccc1. The number of rotatable bonds is 3. The van der Waals surface area contributed by atoms with Crippen molar-refractivity contribution >= 4 is 11.8 Å². The lowest BCUT2D eigenvalue weighted by molar-refractivity contribution is 0.626. The van der Waals surface area contributed by atoms with Gasteiger partial charge in [0, 0.05) is 17.3 Å². The second kappa shape index (κ2) is 4.92. The van der Waals surface area contributed by atoms with Gasteiger partial charge in [-0.15, -0.1) is 0 Å². The monoisotopic (exact) mass is 247 g/mol. The molecule has 0 N–H and O–H groups in total. The van der Waals surface area contributed by atoms with E-state index in [9.17, 15) is 4.39 Å². The molecule has 0 amide bonds. The molecule has 0 aliphatic heterocycles. The van der Waals surface area contributed by atoms with Crippen molar-refractivity contribution in [2.24, 2.45) is 0 Å². The molecule has 0 aliphatic carbocycles. The minimum absolute atomic E-state index is 0.0408. The summed E-state index contributed by atoms with van der Waals surface area (Å²) in [5, 5.41) is 0. The summed E-state index contributed by atoms with van der Waals surface area (Å²) in [6, 6.07) is 17.1. The zero-order chi connectivity index (χ0) is 12.3. The van der Waals surface area contributed by atoms with Crippen molar-refractivity contribution < 1.29 is 4.39 Å². The van der Waals surface area contributed by atoms with E-state index in [0.717, 1.165) is 4.90 Å². The van der Waals surface area contributed by atoms with Crippen LogP contribution in [0.5, 0.6) is 0 Å². The molecule has 88 valence electrons.